The lowest BCUT2D eigenvalue weighted by molar-refractivity contribution is 0.319. The Kier molecular flexibility index (Phi) is 7.51. The predicted octanol–water partition coefficient (Wildman–Crippen LogP) is 4.99. The fourth-order valence-corrected chi connectivity index (χ4v) is 5.17. The molecule has 188 valence electrons. The third-order valence-electron chi connectivity index (χ3n) is 7.35. The first-order valence-corrected chi connectivity index (χ1v) is 13.2. The molecule has 0 bridgehead atoms. The van der Waals surface area contributed by atoms with Gasteiger partial charge in [0.05, 0.1) is 6.54 Å². The molecule has 5 rings (SSSR count). The van der Waals surface area contributed by atoms with E-state index >= 15 is 0 Å². The van der Waals surface area contributed by atoms with Crippen molar-refractivity contribution in [3.63, 3.8) is 0 Å². The molecule has 0 saturated heterocycles. The minimum absolute atomic E-state index is 0.467. The van der Waals surface area contributed by atoms with Gasteiger partial charge in [-0.1, -0.05) is 62.4 Å². The van der Waals surface area contributed by atoms with Crippen LogP contribution in [0, 0.1) is 11.8 Å². The highest BCUT2D eigenvalue weighted by Crippen LogP contribution is 2.35. The summed E-state index contributed by atoms with van der Waals surface area (Å²) in [7, 11) is 0. The predicted molar refractivity (Wildman–Crippen MR) is 141 cm³/mol. The molecule has 0 amide bonds. The number of rotatable bonds is 9. The van der Waals surface area contributed by atoms with Crippen molar-refractivity contribution < 1.29 is 0 Å². The normalized spacial score (nSPS) is 18.1. The van der Waals surface area contributed by atoms with Gasteiger partial charge in [-0.3, -0.25) is 0 Å². The molecule has 2 aromatic heterocycles. The number of benzene rings is 2. The molecule has 2 heterocycles. The molecule has 1 aliphatic carbocycles. The molecule has 8 heteroatoms. The van der Waals surface area contributed by atoms with Gasteiger partial charge in [-0.2, -0.15) is 10.3 Å². The van der Waals surface area contributed by atoms with E-state index in [0.29, 0.717) is 23.6 Å². The van der Waals surface area contributed by atoms with Crippen LogP contribution in [-0.2, 0) is 13.0 Å². The molecule has 0 aliphatic heterocycles. The monoisotopic (exact) mass is 484 g/mol. The largest absolute Gasteiger partial charge is 0.330 e. The standard InChI is InChI=1S/C28H36N8/c1-19(2)7-16-26-30-28(23-14-8-20(17-29)9-15-23)36(33-26)18-21-10-12-22(13-11-21)24-5-3-4-6-25(24)27-31-34-35-32-27/h3-6,10-13,19-20,23H,7-9,14-18,29H2,1-2H3,(H,31,32,34,35). The van der Waals surface area contributed by atoms with Crippen LogP contribution in [0.25, 0.3) is 22.5 Å². The van der Waals surface area contributed by atoms with E-state index in [4.69, 9.17) is 15.8 Å². The molecule has 2 aromatic carbocycles. The summed E-state index contributed by atoms with van der Waals surface area (Å²) >= 11 is 0. The number of nitrogens with zero attached hydrogens (tertiary/aromatic N) is 6. The van der Waals surface area contributed by atoms with Crippen LogP contribution in [0.15, 0.2) is 48.5 Å². The fourth-order valence-electron chi connectivity index (χ4n) is 5.17. The van der Waals surface area contributed by atoms with Crippen LogP contribution in [0.1, 0.15) is 69.1 Å². The lowest BCUT2D eigenvalue weighted by Crippen LogP contribution is -2.22. The van der Waals surface area contributed by atoms with Gasteiger partial charge in [0.15, 0.2) is 5.82 Å². The van der Waals surface area contributed by atoms with E-state index in [1.54, 1.807) is 0 Å². The van der Waals surface area contributed by atoms with Crippen LogP contribution >= 0.6 is 0 Å². The van der Waals surface area contributed by atoms with Crippen LogP contribution in [0.3, 0.4) is 0 Å². The Balaban J connectivity index is 1.37. The van der Waals surface area contributed by atoms with Gasteiger partial charge in [0.25, 0.3) is 0 Å². The third-order valence-corrected chi connectivity index (χ3v) is 7.35. The highest BCUT2D eigenvalue weighted by atomic mass is 15.5. The number of tetrazole rings is 1. The Morgan fingerprint density at radius 2 is 1.75 bits per heavy atom. The van der Waals surface area contributed by atoms with Gasteiger partial charge in [0.1, 0.15) is 5.82 Å². The van der Waals surface area contributed by atoms with Gasteiger partial charge in [0.2, 0.25) is 5.82 Å². The van der Waals surface area contributed by atoms with E-state index in [1.165, 1.54) is 18.4 Å². The quantitative estimate of drug-likeness (QED) is 0.346. The van der Waals surface area contributed by atoms with Crippen molar-refractivity contribution in [3.8, 4) is 22.5 Å². The highest BCUT2D eigenvalue weighted by molar-refractivity contribution is 5.80. The minimum Gasteiger partial charge on any atom is -0.330 e. The number of H-pyrrole nitrogens is 1. The Morgan fingerprint density at radius 3 is 2.42 bits per heavy atom. The van der Waals surface area contributed by atoms with Crippen LogP contribution < -0.4 is 5.73 Å². The second-order valence-electron chi connectivity index (χ2n) is 10.4. The lowest BCUT2D eigenvalue weighted by Gasteiger charge is -2.27. The second-order valence-corrected chi connectivity index (χ2v) is 10.4. The Labute approximate surface area is 212 Å². The van der Waals surface area contributed by atoms with Crippen molar-refractivity contribution in [2.75, 3.05) is 6.54 Å². The molecule has 0 radical (unpaired) electrons. The first kappa shape index (κ1) is 24.3. The average molecular weight is 485 g/mol. The van der Waals surface area contributed by atoms with Crippen molar-refractivity contribution in [3.05, 3.63) is 65.7 Å². The molecule has 36 heavy (non-hydrogen) atoms. The van der Waals surface area contributed by atoms with Gasteiger partial charge >= 0.3 is 0 Å². The maximum Gasteiger partial charge on any atom is 0.205 e. The van der Waals surface area contributed by atoms with Gasteiger partial charge in [-0.05, 0) is 72.4 Å². The maximum atomic E-state index is 5.94. The zero-order chi connectivity index (χ0) is 24.9. The van der Waals surface area contributed by atoms with Crippen LogP contribution in [0.4, 0.5) is 0 Å². The van der Waals surface area contributed by atoms with Crippen molar-refractivity contribution in [1.29, 1.82) is 0 Å². The first-order chi connectivity index (χ1) is 17.6. The van der Waals surface area contributed by atoms with Crippen LogP contribution in [0.2, 0.25) is 0 Å². The first-order valence-electron chi connectivity index (χ1n) is 13.2. The molecular formula is C28H36N8. The number of hydrogen-bond acceptors (Lipinski definition) is 6. The summed E-state index contributed by atoms with van der Waals surface area (Å²) in [5.74, 6) is 4.49. The summed E-state index contributed by atoms with van der Waals surface area (Å²) in [5.41, 5.74) is 10.3. The fraction of sp³-hybridized carbons (Fsp3) is 0.464. The van der Waals surface area contributed by atoms with Crippen LogP contribution in [-0.4, -0.2) is 41.9 Å². The number of nitrogens with two attached hydrogens (primary N) is 1. The number of aromatic amines is 1. The summed E-state index contributed by atoms with van der Waals surface area (Å²) in [6.07, 6.45) is 6.71. The van der Waals surface area contributed by atoms with Gasteiger partial charge in [-0.15, -0.1) is 10.2 Å². The molecule has 0 atom stereocenters. The Hall–Kier alpha value is -3.39. The molecule has 3 N–H and O–H groups in total. The van der Waals surface area contributed by atoms with Crippen molar-refractivity contribution in [1.82, 2.24) is 35.4 Å². The molecular weight excluding hydrogens is 448 g/mol. The van der Waals surface area contributed by atoms with Crippen molar-refractivity contribution in [2.24, 2.45) is 17.6 Å². The summed E-state index contributed by atoms with van der Waals surface area (Å²) in [6.45, 7) is 6.03. The van der Waals surface area contributed by atoms with Crippen molar-refractivity contribution in [2.45, 2.75) is 64.8 Å². The van der Waals surface area contributed by atoms with E-state index in [9.17, 15) is 0 Å². The molecule has 1 fully saturated rings. The highest BCUT2D eigenvalue weighted by Gasteiger charge is 2.26. The number of hydrogen-bond donors (Lipinski definition) is 2. The smallest absolute Gasteiger partial charge is 0.205 e. The molecule has 0 unspecified atom stereocenters. The summed E-state index contributed by atoms with van der Waals surface area (Å²) < 4.78 is 2.16. The van der Waals surface area contributed by atoms with Crippen LogP contribution in [0.5, 0.6) is 0 Å². The van der Waals surface area contributed by atoms with E-state index in [-0.39, 0.29) is 0 Å². The number of aromatic nitrogens is 7. The van der Waals surface area contributed by atoms with Gasteiger partial charge in [0, 0.05) is 17.9 Å². The maximum absolute atomic E-state index is 5.94. The lowest BCUT2D eigenvalue weighted by atomic mass is 9.81. The Morgan fingerprint density at radius 1 is 1.00 bits per heavy atom. The van der Waals surface area contributed by atoms with E-state index in [2.05, 4.69) is 69.5 Å². The zero-order valence-corrected chi connectivity index (χ0v) is 21.3. The Bertz CT molecular complexity index is 1240. The SMILES string of the molecule is CC(C)CCc1nc(C2CCC(CN)CC2)n(Cc2ccc(-c3ccccc3-c3nn[nH]n3)cc2)n1. The van der Waals surface area contributed by atoms with E-state index in [0.717, 1.165) is 67.1 Å². The number of aryl methyl sites for hydroxylation is 1. The number of nitrogens with one attached hydrogen (secondary N) is 1. The van der Waals surface area contributed by atoms with E-state index < -0.39 is 0 Å². The average Bonchev–Trinajstić information content (AvgIpc) is 3.59. The topological polar surface area (TPSA) is 111 Å². The molecule has 1 aliphatic rings. The molecule has 1 saturated carbocycles. The summed E-state index contributed by atoms with van der Waals surface area (Å²) in [4.78, 5) is 5.06. The van der Waals surface area contributed by atoms with Crippen molar-refractivity contribution >= 4 is 0 Å². The molecule has 8 nitrogen and oxygen atoms in total. The summed E-state index contributed by atoms with van der Waals surface area (Å²) in [6, 6.07) is 16.8. The third kappa shape index (κ3) is 5.54. The van der Waals surface area contributed by atoms with Gasteiger partial charge < -0.3 is 5.73 Å². The zero-order valence-electron chi connectivity index (χ0n) is 21.3. The summed E-state index contributed by atoms with van der Waals surface area (Å²) in [5, 5.41) is 19.6. The molecule has 4 aromatic rings. The molecule has 0 spiro atoms. The minimum atomic E-state index is 0.467. The van der Waals surface area contributed by atoms with Gasteiger partial charge in [-0.25, -0.2) is 9.67 Å². The van der Waals surface area contributed by atoms with E-state index in [1.807, 2.05) is 18.2 Å². The second kappa shape index (κ2) is 11.1.